The van der Waals surface area contributed by atoms with E-state index in [1.54, 1.807) is 6.08 Å². The quantitative estimate of drug-likeness (QED) is 0.426. The van der Waals surface area contributed by atoms with Crippen molar-refractivity contribution in [2.75, 3.05) is 12.9 Å². The van der Waals surface area contributed by atoms with Crippen LogP contribution in [0, 0.1) is 5.92 Å². The van der Waals surface area contributed by atoms with Crippen LogP contribution in [0.15, 0.2) is 12.7 Å². The molecule has 2 amide bonds. The lowest BCUT2D eigenvalue weighted by Crippen LogP contribution is -2.36. The molecule has 2 saturated heterocycles. The molecular formula is C14H22N2O3S. The number of ether oxygens (including phenoxy) is 1. The summed E-state index contributed by atoms with van der Waals surface area (Å²) in [7, 11) is 1.43. The number of fused-ring (bicyclic) bond motifs is 1. The third kappa shape index (κ3) is 3.48. The van der Waals surface area contributed by atoms with Gasteiger partial charge in [0.2, 0.25) is 0 Å². The smallest absolute Gasteiger partial charge is 0.315 e. The Morgan fingerprint density at radius 1 is 1.60 bits per heavy atom. The van der Waals surface area contributed by atoms with E-state index in [-0.39, 0.29) is 30.0 Å². The van der Waals surface area contributed by atoms with Gasteiger partial charge in [-0.05, 0) is 19.3 Å². The van der Waals surface area contributed by atoms with Crippen molar-refractivity contribution in [3.05, 3.63) is 12.7 Å². The summed E-state index contributed by atoms with van der Waals surface area (Å²) < 4.78 is 4.81. The number of amides is 2. The van der Waals surface area contributed by atoms with Gasteiger partial charge < -0.3 is 15.4 Å². The molecule has 2 N–H and O–H groups in total. The van der Waals surface area contributed by atoms with E-state index in [1.165, 1.54) is 7.11 Å². The number of hydrogen-bond acceptors (Lipinski definition) is 4. The van der Waals surface area contributed by atoms with Crippen LogP contribution < -0.4 is 10.6 Å². The summed E-state index contributed by atoms with van der Waals surface area (Å²) in [5.41, 5.74) is 0. The van der Waals surface area contributed by atoms with Crippen LogP contribution in [-0.4, -0.2) is 42.2 Å². The number of esters is 1. The molecule has 112 valence electrons. The fourth-order valence-electron chi connectivity index (χ4n) is 2.91. The zero-order valence-electron chi connectivity index (χ0n) is 11.8. The maximum atomic E-state index is 11.6. The summed E-state index contributed by atoms with van der Waals surface area (Å²) in [5, 5.41) is 6.36. The van der Waals surface area contributed by atoms with Gasteiger partial charge >= 0.3 is 12.0 Å². The van der Waals surface area contributed by atoms with Gasteiger partial charge in [0.25, 0.3) is 0 Å². The summed E-state index contributed by atoms with van der Waals surface area (Å²) >= 11 is 1.90. The highest BCUT2D eigenvalue weighted by molar-refractivity contribution is 8.00. The monoisotopic (exact) mass is 298 g/mol. The average molecular weight is 298 g/mol. The van der Waals surface area contributed by atoms with Crippen LogP contribution in [0.5, 0.6) is 0 Å². The number of carbonyl (C=O) groups is 2. The third-order valence-electron chi connectivity index (χ3n) is 3.97. The summed E-state index contributed by atoms with van der Waals surface area (Å²) in [6, 6.07) is 0.454. The highest BCUT2D eigenvalue weighted by Crippen LogP contribution is 2.33. The summed E-state index contributed by atoms with van der Waals surface area (Å²) in [5.74, 6) is 0.731. The molecule has 2 heterocycles. The Hall–Kier alpha value is -1.17. The second-order valence-electron chi connectivity index (χ2n) is 5.30. The van der Waals surface area contributed by atoms with Crippen molar-refractivity contribution in [2.24, 2.45) is 5.92 Å². The Bertz CT molecular complexity index is 389. The number of rotatable bonds is 7. The van der Waals surface area contributed by atoms with Crippen molar-refractivity contribution in [3.8, 4) is 0 Å². The van der Waals surface area contributed by atoms with Gasteiger partial charge in [-0.1, -0.05) is 12.5 Å². The largest absolute Gasteiger partial charge is 0.469 e. The van der Waals surface area contributed by atoms with Crippen LogP contribution in [-0.2, 0) is 9.53 Å². The summed E-state index contributed by atoms with van der Waals surface area (Å²) in [6.07, 6.45) is 5.22. The van der Waals surface area contributed by atoms with Crippen LogP contribution in [0.4, 0.5) is 4.79 Å². The second kappa shape index (κ2) is 7.02. The maximum absolute atomic E-state index is 11.6. The van der Waals surface area contributed by atoms with E-state index < -0.39 is 0 Å². The number of urea groups is 1. The first-order chi connectivity index (χ1) is 9.65. The topological polar surface area (TPSA) is 67.4 Å². The number of nitrogens with one attached hydrogen (secondary N) is 2. The lowest BCUT2D eigenvalue weighted by atomic mass is 9.96. The second-order valence-corrected chi connectivity index (χ2v) is 6.57. The van der Waals surface area contributed by atoms with Gasteiger partial charge in [0.05, 0.1) is 25.1 Å². The van der Waals surface area contributed by atoms with Gasteiger partial charge in [0, 0.05) is 11.0 Å². The maximum Gasteiger partial charge on any atom is 0.315 e. The molecule has 0 bridgehead atoms. The van der Waals surface area contributed by atoms with Gasteiger partial charge in [0.1, 0.15) is 0 Å². The zero-order valence-corrected chi connectivity index (χ0v) is 12.6. The Morgan fingerprint density at radius 2 is 2.40 bits per heavy atom. The predicted octanol–water partition coefficient (Wildman–Crippen LogP) is 1.69. The van der Waals surface area contributed by atoms with Crippen molar-refractivity contribution in [2.45, 2.75) is 43.0 Å². The van der Waals surface area contributed by atoms with Crippen LogP contribution >= 0.6 is 11.8 Å². The van der Waals surface area contributed by atoms with Crippen molar-refractivity contribution in [3.63, 3.8) is 0 Å². The average Bonchev–Trinajstić information content (AvgIpc) is 2.97. The SMILES string of the molecule is C=CC[C@H](CCC[C@@H]1SC[C@@H]2NC(=O)N[C@@H]21)C(=O)OC. The first-order valence-electron chi connectivity index (χ1n) is 7.03. The van der Waals surface area contributed by atoms with E-state index in [0.717, 1.165) is 25.0 Å². The van der Waals surface area contributed by atoms with Gasteiger partial charge in [0.15, 0.2) is 0 Å². The van der Waals surface area contributed by atoms with Gasteiger partial charge in [-0.25, -0.2) is 4.79 Å². The number of carbonyl (C=O) groups excluding carboxylic acids is 2. The summed E-state index contributed by atoms with van der Waals surface area (Å²) in [4.78, 5) is 22.9. The molecular weight excluding hydrogens is 276 g/mol. The molecule has 2 rings (SSSR count). The molecule has 0 spiro atoms. The minimum absolute atomic E-state index is 0.0515. The molecule has 2 aliphatic rings. The molecule has 0 aromatic heterocycles. The normalized spacial score (nSPS) is 29.2. The van der Waals surface area contributed by atoms with Crippen molar-refractivity contribution < 1.29 is 14.3 Å². The Morgan fingerprint density at radius 3 is 3.10 bits per heavy atom. The molecule has 6 heteroatoms. The lowest BCUT2D eigenvalue weighted by molar-refractivity contribution is -0.145. The number of thioether (sulfide) groups is 1. The molecule has 0 aromatic rings. The van der Waals surface area contributed by atoms with E-state index in [2.05, 4.69) is 17.2 Å². The fourth-order valence-corrected chi connectivity index (χ4v) is 4.45. The molecule has 5 nitrogen and oxygen atoms in total. The van der Waals surface area contributed by atoms with Crippen molar-refractivity contribution in [1.82, 2.24) is 10.6 Å². The number of methoxy groups -OCH3 is 1. The molecule has 2 fully saturated rings. The Balaban J connectivity index is 1.76. The molecule has 20 heavy (non-hydrogen) atoms. The van der Waals surface area contributed by atoms with E-state index in [4.69, 9.17) is 4.74 Å². The Kier molecular flexibility index (Phi) is 5.34. The molecule has 0 saturated carbocycles. The van der Waals surface area contributed by atoms with Gasteiger partial charge in [-0.3, -0.25) is 4.79 Å². The number of hydrogen-bond donors (Lipinski definition) is 2. The van der Waals surface area contributed by atoms with Crippen molar-refractivity contribution in [1.29, 1.82) is 0 Å². The lowest BCUT2D eigenvalue weighted by Gasteiger charge is -2.18. The first-order valence-corrected chi connectivity index (χ1v) is 8.08. The van der Waals surface area contributed by atoms with E-state index in [9.17, 15) is 9.59 Å². The zero-order chi connectivity index (χ0) is 14.5. The molecule has 2 aliphatic heterocycles. The molecule has 0 aromatic carbocycles. The minimum Gasteiger partial charge on any atom is -0.469 e. The summed E-state index contributed by atoms with van der Waals surface area (Å²) in [6.45, 7) is 3.69. The highest BCUT2D eigenvalue weighted by atomic mass is 32.2. The first kappa shape index (κ1) is 15.2. The van der Waals surface area contributed by atoms with Gasteiger partial charge in [-0.15, -0.1) is 6.58 Å². The predicted molar refractivity (Wildman–Crippen MR) is 79.7 cm³/mol. The van der Waals surface area contributed by atoms with Crippen molar-refractivity contribution >= 4 is 23.8 Å². The van der Waals surface area contributed by atoms with Crippen LogP contribution in [0.2, 0.25) is 0 Å². The van der Waals surface area contributed by atoms with Gasteiger partial charge in [-0.2, -0.15) is 11.8 Å². The van der Waals surface area contributed by atoms with E-state index in [1.807, 2.05) is 11.8 Å². The van der Waals surface area contributed by atoms with Crippen LogP contribution in [0.3, 0.4) is 0 Å². The van der Waals surface area contributed by atoms with Crippen LogP contribution in [0.25, 0.3) is 0 Å². The minimum atomic E-state index is -0.155. The third-order valence-corrected chi connectivity index (χ3v) is 5.47. The number of allylic oxidation sites excluding steroid dienone is 1. The standard InChI is InChI=1S/C14H22N2O3S/c1-3-5-9(13(17)19-2)6-4-7-11-12-10(8-20-11)15-14(18)16-12/h3,9-12H,1,4-8H2,2H3,(H2,15,16,18)/t9-,10+,11+,12+/m1/s1. The van der Waals surface area contributed by atoms with E-state index in [0.29, 0.717) is 11.7 Å². The molecule has 0 aliphatic carbocycles. The van der Waals surface area contributed by atoms with E-state index >= 15 is 0 Å². The molecule has 0 radical (unpaired) electrons. The molecule has 0 unspecified atom stereocenters. The Labute approximate surface area is 123 Å². The molecule has 4 atom stereocenters. The fraction of sp³-hybridized carbons (Fsp3) is 0.714. The van der Waals surface area contributed by atoms with Crippen LogP contribution in [0.1, 0.15) is 25.7 Å². The highest BCUT2D eigenvalue weighted by Gasteiger charge is 2.42.